The fourth-order valence-corrected chi connectivity index (χ4v) is 1.82. The number of amides is 1. The Balaban J connectivity index is 1.92. The van der Waals surface area contributed by atoms with Gasteiger partial charge >= 0.3 is 0 Å². The molecule has 104 valence electrons. The molecule has 1 heterocycles. The lowest BCUT2D eigenvalue weighted by atomic mass is 10.1. The number of carbonyl (C=O) groups excluding carboxylic acids is 1. The van der Waals surface area contributed by atoms with Gasteiger partial charge in [-0.15, -0.1) is 0 Å². The van der Waals surface area contributed by atoms with E-state index in [0.717, 1.165) is 5.56 Å². The average Bonchev–Trinajstić information content (AvgIpc) is 2.93. The summed E-state index contributed by atoms with van der Waals surface area (Å²) in [6.45, 7) is 1.83. The topological polar surface area (TPSA) is 85.4 Å². The van der Waals surface area contributed by atoms with Crippen molar-refractivity contribution in [2.45, 2.75) is 19.4 Å². The molecule has 0 unspecified atom stereocenters. The molecule has 1 N–H and O–H groups in total. The van der Waals surface area contributed by atoms with E-state index in [0.29, 0.717) is 5.76 Å². The molecule has 0 saturated heterocycles. The lowest BCUT2D eigenvalue weighted by Gasteiger charge is -2.11. The zero-order valence-electron chi connectivity index (χ0n) is 10.9. The minimum atomic E-state index is -0.469. The zero-order valence-corrected chi connectivity index (χ0v) is 10.9. The predicted octanol–water partition coefficient (Wildman–Crippen LogP) is 2.61. The summed E-state index contributed by atoms with van der Waals surface area (Å²) >= 11 is 0. The number of furan rings is 1. The van der Waals surface area contributed by atoms with Gasteiger partial charge in [0.15, 0.2) is 0 Å². The molecule has 6 nitrogen and oxygen atoms in total. The maximum absolute atomic E-state index is 11.9. The van der Waals surface area contributed by atoms with Gasteiger partial charge in [0.1, 0.15) is 5.76 Å². The maximum atomic E-state index is 11.9. The first-order valence-corrected chi connectivity index (χ1v) is 6.12. The van der Waals surface area contributed by atoms with Gasteiger partial charge in [-0.1, -0.05) is 12.1 Å². The van der Waals surface area contributed by atoms with Crippen molar-refractivity contribution in [1.29, 1.82) is 0 Å². The van der Waals surface area contributed by atoms with Crippen LogP contribution in [0.25, 0.3) is 0 Å². The summed E-state index contributed by atoms with van der Waals surface area (Å²) < 4.78 is 5.20. The summed E-state index contributed by atoms with van der Waals surface area (Å²) in [7, 11) is 0. The number of nitrogens with one attached hydrogen (secondary N) is 1. The van der Waals surface area contributed by atoms with E-state index in [2.05, 4.69) is 5.32 Å². The molecule has 1 amide bonds. The van der Waals surface area contributed by atoms with Crippen molar-refractivity contribution < 1.29 is 14.1 Å². The number of nitro benzene ring substituents is 1. The normalized spacial score (nSPS) is 11.8. The number of benzene rings is 1. The van der Waals surface area contributed by atoms with E-state index in [4.69, 9.17) is 4.42 Å². The van der Waals surface area contributed by atoms with Crippen LogP contribution in [0.2, 0.25) is 0 Å². The molecule has 1 atom stereocenters. The van der Waals surface area contributed by atoms with Crippen LogP contribution in [-0.2, 0) is 11.2 Å². The molecule has 0 spiro atoms. The number of nitrogens with zero attached hydrogens (tertiary/aromatic N) is 1. The van der Waals surface area contributed by atoms with E-state index >= 15 is 0 Å². The molecule has 6 heteroatoms. The van der Waals surface area contributed by atoms with Gasteiger partial charge in [0.2, 0.25) is 5.91 Å². The second-order valence-corrected chi connectivity index (χ2v) is 4.40. The van der Waals surface area contributed by atoms with Crippen molar-refractivity contribution in [3.63, 3.8) is 0 Å². The van der Waals surface area contributed by atoms with Gasteiger partial charge in [-0.05, 0) is 24.6 Å². The Labute approximate surface area is 115 Å². The van der Waals surface area contributed by atoms with E-state index in [9.17, 15) is 14.9 Å². The molecule has 1 aromatic heterocycles. The highest BCUT2D eigenvalue weighted by atomic mass is 16.6. The third kappa shape index (κ3) is 3.44. The van der Waals surface area contributed by atoms with Crippen molar-refractivity contribution in [1.82, 2.24) is 5.32 Å². The van der Waals surface area contributed by atoms with E-state index in [1.54, 1.807) is 30.5 Å². The highest BCUT2D eigenvalue weighted by Gasteiger charge is 2.12. The lowest BCUT2D eigenvalue weighted by Crippen LogP contribution is -2.27. The summed E-state index contributed by atoms with van der Waals surface area (Å²) in [5, 5.41) is 13.3. The van der Waals surface area contributed by atoms with Crippen LogP contribution in [0.1, 0.15) is 24.3 Å². The van der Waals surface area contributed by atoms with Crippen molar-refractivity contribution in [2.24, 2.45) is 0 Å². The Morgan fingerprint density at radius 3 is 2.60 bits per heavy atom. The van der Waals surface area contributed by atoms with E-state index < -0.39 is 4.92 Å². The number of nitro groups is 1. The molecule has 0 saturated carbocycles. The van der Waals surface area contributed by atoms with Crippen LogP contribution in [0.3, 0.4) is 0 Å². The molecule has 0 aliphatic carbocycles. The molecule has 20 heavy (non-hydrogen) atoms. The predicted molar refractivity (Wildman–Crippen MR) is 72.1 cm³/mol. The van der Waals surface area contributed by atoms with Gasteiger partial charge in [-0.3, -0.25) is 14.9 Å². The summed E-state index contributed by atoms with van der Waals surface area (Å²) in [5.74, 6) is 0.518. The maximum Gasteiger partial charge on any atom is 0.269 e. The van der Waals surface area contributed by atoms with Crippen LogP contribution in [0, 0.1) is 10.1 Å². The first-order valence-electron chi connectivity index (χ1n) is 6.12. The molecule has 0 aliphatic rings. The van der Waals surface area contributed by atoms with Gasteiger partial charge in [0.25, 0.3) is 5.69 Å². The quantitative estimate of drug-likeness (QED) is 0.670. The Morgan fingerprint density at radius 1 is 1.35 bits per heavy atom. The summed E-state index contributed by atoms with van der Waals surface area (Å²) in [6, 6.07) is 9.27. The molecule has 0 fully saturated rings. The van der Waals surface area contributed by atoms with Crippen LogP contribution >= 0.6 is 0 Å². The minimum absolute atomic E-state index is 0.0121. The summed E-state index contributed by atoms with van der Waals surface area (Å²) in [4.78, 5) is 21.9. The lowest BCUT2D eigenvalue weighted by molar-refractivity contribution is -0.384. The van der Waals surface area contributed by atoms with Crippen LogP contribution in [0.5, 0.6) is 0 Å². The molecule has 2 aromatic rings. The molecule has 0 radical (unpaired) electrons. The summed E-state index contributed by atoms with van der Waals surface area (Å²) in [6.07, 6.45) is 1.72. The fraction of sp³-hybridized carbons (Fsp3) is 0.214. The van der Waals surface area contributed by atoms with E-state index in [1.165, 1.54) is 12.1 Å². The fourth-order valence-electron chi connectivity index (χ4n) is 1.82. The van der Waals surface area contributed by atoms with Crippen LogP contribution in [0.15, 0.2) is 47.1 Å². The van der Waals surface area contributed by atoms with E-state index in [-0.39, 0.29) is 24.1 Å². The van der Waals surface area contributed by atoms with Gasteiger partial charge in [0.05, 0.1) is 23.6 Å². The molecular weight excluding hydrogens is 260 g/mol. The third-order valence-electron chi connectivity index (χ3n) is 2.86. The highest BCUT2D eigenvalue weighted by Crippen LogP contribution is 2.14. The summed E-state index contributed by atoms with van der Waals surface area (Å²) in [5.41, 5.74) is 0.734. The Hall–Kier alpha value is -2.63. The van der Waals surface area contributed by atoms with Crippen molar-refractivity contribution in [2.75, 3.05) is 0 Å². The molecule has 0 bridgehead atoms. The average molecular weight is 274 g/mol. The second kappa shape index (κ2) is 6.01. The Morgan fingerprint density at radius 2 is 2.05 bits per heavy atom. The minimum Gasteiger partial charge on any atom is -0.467 e. The number of carbonyl (C=O) groups is 1. The van der Waals surface area contributed by atoms with Crippen molar-refractivity contribution >= 4 is 11.6 Å². The smallest absolute Gasteiger partial charge is 0.269 e. The first kappa shape index (κ1) is 13.8. The van der Waals surface area contributed by atoms with E-state index in [1.807, 2.05) is 6.92 Å². The van der Waals surface area contributed by atoms with Crippen molar-refractivity contribution in [3.05, 3.63) is 64.1 Å². The van der Waals surface area contributed by atoms with Gasteiger partial charge in [-0.2, -0.15) is 0 Å². The third-order valence-corrected chi connectivity index (χ3v) is 2.86. The van der Waals surface area contributed by atoms with Gasteiger partial charge in [-0.25, -0.2) is 0 Å². The Bertz CT molecular complexity index is 590. The van der Waals surface area contributed by atoms with Crippen LogP contribution in [-0.4, -0.2) is 10.8 Å². The number of non-ortho nitro benzene ring substituents is 1. The van der Waals surface area contributed by atoms with Crippen molar-refractivity contribution in [3.8, 4) is 0 Å². The number of rotatable bonds is 5. The molecule has 0 aliphatic heterocycles. The SMILES string of the molecule is C[C@@H](NC(=O)Cc1ccc([N+](=O)[O-])cc1)c1ccco1. The molecular formula is C14H14N2O4. The zero-order chi connectivity index (χ0) is 14.5. The van der Waals surface area contributed by atoms with Gasteiger partial charge in [0, 0.05) is 12.1 Å². The molecule has 2 rings (SSSR count). The highest BCUT2D eigenvalue weighted by molar-refractivity contribution is 5.79. The van der Waals surface area contributed by atoms with Gasteiger partial charge < -0.3 is 9.73 Å². The second-order valence-electron chi connectivity index (χ2n) is 4.40. The molecule has 1 aromatic carbocycles. The number of hydrogen-bond acceptors (Lipinski definition) is 4. The first-order chi connectivity index (χ1) is 9.56. The monoisotopic (exact) mass is 274 g/mol. The Kier molecular flexibility index (Phi) is 4.14. The van der Waals surface area contributed by atoms with Crippen LogP contribution < -0.4 is 5.32 Å². The van der Waals surface area contributed by atoms with Crippen LogP contribution in [0.4, 0.5) is 5.69 Å². The standard InChI is InChI=1S/C14H14N2O4/c1-10(13-3-2-8-20-13)15-14(17)9-11-4-6-12(7-5-11)16(18)19/h2-8,10H,9H2,1H3,(H,15,17)/t10-/m1/s1. The largest absolute Gasteiger partial charge is 0.467 e. The number of hydrogen-bond donors (Lipinski definition) is 1.